The predicted molar refractivity (Wildman–Crippen MR) is 97.8 cm³/mol. The maximum atomic E-state index is 13.1. The molecule has 1 N–H and O–H groups in total. The summed E-state index contributed by atoms with van der Waals surface area (Å²) in [6, 6.07) is 15.2. The van der Waals surface area contributed by atoms with E-state index in [0.29, 0.717) is 11.6 Å². The molecule has 0 atom stereocenters. The maximum absolute atomic E-state index is 13.1. The van der Waals surface area contributed by atoms with Crippen LogP contribution in [0.15, 0.2) is 48.5 Å². The normalized spacial score (nSPS) is 15.9. The highest BCUT2D eigenvalue weighted by Gasteiger charge is 2.42. The van der Waals surface area contributed by atoms with E-state index in [9.17, 15) is 4.79 Å². The highest BCUT2D eigenvalue weighted by Crippen LogP contribution is 2.42. The Bertz CT molecular complexity index is 689. The van der Waals surface area contributed by atoms with Crippen molar-refractivity contribution in [3.05, 3.63) is 59.1 Å². The molecule has 1 saturated carbocycles. The molecule has 1 amide bonds. The SMILES string of the molecule is CCOc1ccc(NC(=O)C2(c3ccc(Cl)cc3)CCCC2)cc1. The van der Waals surface area contributed by atoms with Gasteiger partial charge in [-0.15, -0.1) is 0 Å². The fourth-order valence-electron chi connectivity index (χ4n) is 3.45. The van der Waals surface area contributed by atoms with E-state index in [2.05, 4.69) is 5.32 Å². The summed E-state index contributed by atoms with van der Waals surface area (Å²) in [7, 11) is 0. The van der Waals surface area contributed by atoms with E-state index in [0.717, 1.165) is 42.7 Å². The molecular formula is C20H22ClNO2. The van der Waals surface area contributed by atoms with Crippen molar-refractivity contribution in [2.45, 2.75) is 38.0 Å². The first-order valence-corrected chi connectivity index (χ1v) is 8.82. The lowest BCUT2D eigenvalue weighted by molar-refractivity contribution is -0.121. The zero-order valence-electron chi connectivity index (χ0n) is 13.8. The Labute approximate surface area is 148 Å². The third-order valence-electron chi connectivity index (χ3n) is 4.71. The number of carbonyl (C=O) groups excluding carboxylic acids is 1. The van der Waals surface area contributed by atoms with Crippen molar-refractivity contribution in [3.8, 4) is 5.75 Å². The quantitative estimate of drug-likeness (QED) is 0.811. The minimum absolute atomic E-state index is 0.0616. The second kappa shape index (κ2) is 7.27. The molecule has 0 unspecified atom stereocenters. The Morgan fingerprint density at radius 1 is 1.08 bits per heavy atom. The van der Waals surface area contributed by atoms with Crippen LogP contribution in [0.1, 0.15) is 38.2 Å². The number of nitrogens with one attached hydrogen (secondary N) is 1. The number of rotatable bonds is 5. The van der Waals surface area contributed by atoms with E-state index in [1.54, 1.807) is 0 Å². The first kappa shape index (κ1) is 16.8. The minimum Gasteiger partial charge on any atom is -0.494 e. The van der Waals surface area contributed by atoms with Gasteiger partial charge >= 0.3 is 0 Å². The van der Waals surface area contributed by atoms with Gasteiger partial charge in [0, 0.05) is 10.7 Å². The first-order chi connectivity index (χ1) is 11.6. The van der Waals surface area contributed by atoms with Crippen LogP contribution >= 0.6 is 11.6 Å². The Hall–Kier alpha value is -2.00. The van der Waals surface area contributed by atoms with Crippen molar-refractivity contribution < 1.29 is 9.53 Å². The summed E-state index contributed by atoms with van der Waals surface area (Å²) < 4.78 is 5.44. The van der Waals surface area contributed by atoms with Crippen LogP contribution in [-0.4, -0.2) is 12.5 Å². The lowest BCUT2D eigenvalue weighted by Crippen LogP contribution is -2.37. The molecule has 0 aliphatic heterocycles. The summed E-state index contributed by atoms with van der Waals surface area (Å²) in [6.45, 7) is 2.58. The summed E-state index contributed by atoms with van der Waals surface area (Å²) in [6.07, 6.45) is 3.88. The van der Waals surface area contributed by atoms with E-state index in [4.69, 9.17) is 16.3 Å². The highest BCUT2D eigenvalue weighted by atomic mass is 35.5. The fourth-order valence-corrected chi connectivity index (χ4v) is 3.57. The molecule has 0 heterocycles. The zero-order valence-corrected chi connectivity index (χ0v) is 14.6. The molecule has 0 aromatic heterocycles. The predicted octanol–water partition coefficient (Wildman–Crippen LogP) is 5.19. The number of halogens is 1. The summed E-state index contributed by atoms with van der Waals surface area (Å²) >= 11 is 6.00. The largest absolute Gasteiger partial charge is 0.494 e. The third-order valence-corrected chi connectivity index (χ3v) is 4.96. The lowest BCUT2D eigenvalue weighted by Gasteiger charge is -2.28. The standard InChI is InChI=1S/C20H22ClNO2/c1-2-24-18-11-9-17(10-12-18)22-19(23)20(13-3-4-14-20)15-5-7-16(21)8-6-15/h5-12H,2-4,13-14H2,1H3,(H,22,23). The van der Waals surface area contributed by atoms with E-state index in [1.807, 2.05) is 55.5 Å². The monoisotopic (exact) mass is 343 g/mol. The molecule has 0 spiro atoms. The summed E-state index contributed by atoms with van der Waals surface area (Å²) in [4.78, 5) is 13.1. The lowest BCUT2D eigenvalue weighted by atomic mass is 9.78. The smallest absolute Gasteiger partial charge is 0.235 e. The molecule has 1 aliphatic rings. The first-order valence-electron chi connectivity index (χ1n) is 8.44. The molecule has 0 radical (unpaired) electrons. The van der Waals surface area contributed by atoms with Crippen LogP contribution in [-0.2, 0) is 10.2 Å². The van der Waals surface area contributed by atoms with Crippen LogP contribution in [0, 0.1) is 0 Å². The van der Waals surface area contributed by atoms with Crippen LogP contribution in [0.4, 0.5) is 5.69 Å². The van der Waals surface area contributed by atoms with Crippen LogP contribution in [0.3, 0.4) is 0 Å². The molecule has 3 rings (SSSR count). The number of hydrogen-bond acceptors (Lipinski definition) is 2. The van der Waals surface area contributed by atoms with Crippen LogP contribution in [0.2, 0.25) is 5.02 Å². The second-order valence-electron chi connectivity index (χ2n) is 6.21. The number of carbonyl (C=O) groups is 1. The van der Waals surface area contributed by atoms with Gasteiger partial charge in [-0.05, 0) is 61.7 Å². The Balaban J connectivity index is 1.81. The number of amides is 1. The van der Waals surface area contributed by atoms with Gasteiger partial charge in [-0.2, -0.15) is 0 Å². The molecule has 3 nitrogen and oxygen atoms in total. The Morgan fingerprint density at radius 2 is 1.71 bits per heavy atom. The van der Waals surface area contributed by atoms with Crippen molar-refractivity contribution in [1.29, 1.82) is 0 Å². The average Bonchev–Trinajstić information content (AvgIpc) is 3.08. The summed E-state index contributed by atoms with van der Waals surface area (Å²) in [5.74, 6) is 0.871. The third kappa shape index (κ3) is 3.41. The average molecular weight is 344 g/mol. The summed E-state index contributed by atoms with van der Waals surface area (Å²) in [5, 5.41) is 3.77. The minimum atomic E-state index is -0.455. The van der Waals surface area contributed by atoms with Gasteiger partial charge in [0.2, 0.25) is 5.91 Å². The van der Waals surface area contributed by atoms with Gasteiger partial charge in [-0.3, -0.25) is 4.79 Å². The molecule has 0 bridgehead atoms. The van der Waals surface area contributed by atoms with Gasteiger partial charge in [-0.1, -0.05) is 36.6 Å². The van der Waals surface area contributed by atoms with Crippen molar-refractivity contribution in [2.24, 2.45) is 0 Å². The Morgan fingerprint density at radius 3 is 2.29 bits per heavy atom. The zero-order chi connectivity index (χ0) is 17.0. The Kier molecular flexibility index (Phi) is 5.10. The van der Waals surface area contributed by atoms with E-state index >= 15 is 0 Å². The van der Waals surface area contributed by atoms with Gasteiger partial charge in [0.05, 0.1) is 12.0 Å². The van der Waals surface area contributed by atoms with Gasteiger partial charge in [0.15, 0.2) is 0 Å². The number of ether oxygens (including phenoxy) is 1. The van der Waals surface area contributed by atoms with E-state index < -0.39 is 5.41 Å². The van der Waals surface area contributed by atoms with Gasteiger partial charge < -0.3 is 10.1 Å². The fraction of sp³-hybridized carbons (Fsp3) is 0.350. The molecule has 4 heteroatoms. The van der Waals surface area contributed by atoms with Crippen LogP contribution in [0.5, 0.6) is 5.75 Å². The van der Waals surface area contributed by atoms with E-state index in [-0.39, 0.29) is 5.91 Å². The van der Waals surface area contributed by atoms with Crippen molar-refractivity contribution in [3.63, 3.8) is 0 Å². The molecule has 24 heavy (non-hydrogen) atoms. The van der Waals surface area contributed by atoms with Gasteiger partial charge in [0.1, 0.15) is 5.75 Å². The van der Waals surface area contributed by atoms with Gasteiger partial charge in [0.25, 0.3) is 0 Å². The van der Waals surface area contributed by atoms with Crippen LogP contribution in [0.25, 0.3) is 0 Å². The topological polar surface area (TPSA) is 38.3 Å². The maximum Gasteiger partial charge on any atom is 0.235 e. The molecule has 2 aromatic carbocycles. The summed E-state index contributed by atoms with van der Waals surface area (Å²) in [5.41, 5.74) is 1.39. The number of anilines is 1. The van der Waals surface area contributed by atoms with Crippen molar-refractivity contribution in [1.82, 2.24) is 0 Å². The molecule has 1 fully saturated rings. The number of hydrogen-bond donors (Lipinski definition) is 1. The molecule has 2 aromatic rings. The molecule has 1 aliphatic carbocycles. The molecule has 126 valence electrons. The van der Waals surface area contributed by atoms with Crippen LogP contribution < -0.4 is 10.1 Å². The second-order valence-corrected chi connectivity index (χ2v) is 6.64. The number of benzene rings is 2. The van der Waals surface area contributed by atoms with E-state index in [1.165, 1.54) is 0 Å². The van der Waals surface area contributed by atoms with Crippen molar-refractivity contribution in [2.75, 3.05) is 11.9 Å². The van der Waals surface area contributed by atoms with Gasteiger partial charge in [-0.25, -0.2) is 0 Å². The molecule has 0 saturated heterocycles. The highest BCUT2D eigenvalue weighted by molar-refractivity contribution is 6.30. The van der Waals surface area contributed by atoms with Crippen molar-refractivity contribution >= 4 is 23.2 Å². The molecular weight excluding hydrogens is 322 g/mol.